The van der Waals surface area contributed by atoms with Crippen LogP contribution in [0.5, 0.6) is 0 Å². The third kappa shape index (κ3) is 2.83. The van der Waals surface area contributed by atoms with E-state index in [1.165, 1.54) is 0 Å². The van der Waals surface area contributed by atoms with Gasteiger partial charge in [-0.2, -0.15) is 4.98 Å². The summed E-state index contributed by atoms with van der Waals surface area (Å²) in [4.78, 5) is 8.87. The number of hydrogen-bond donors (Lipinski definition) is 1. The fourth-order valence-corrected chi connectivity index (χ4v) is 2.88. The maximum atomic E-state index is 5.51. The number of hydrogen-bond acceptors (Lipinski definition) is 7. The number of ether oxygens (including phenoxy) is 1. The molecule has 7 heteroatoms. The van der Waals surface area contributed by atoms with Gasteiger partial charge < -0.3 is 15.0 Å². The highest BCUT2D eigenvalue weighted by Crippen LogP contribution is 2.26. The zero-order valence-electron chi connectivity index (χ0n) is 10.5. The van der Waals surface area contributed by atoms with Crippen LogP contribution in [0.4, 0.5) is 0 Å². The second-order valence-corrected chi connectivity index (χ2v) is 5.48. The van der Waals surface area contributed by atoms with Crippen LogP contribution < -0.4 is 5.73 Å². The second kappa shape index (κ2) is 5.77. The molecule has 1 atom stereocenters. The summed E-state index contributed by atoms with van der Waals surface area (Å²) in [6, 6.07) is 0. The summed E-state index contributed by atoms with van der Waals surface area (Å²) in [5.41, 5.74) is 6.25. The first-order chi connectivity index (χ1) is 9.36. The van der Waals surface area contributed by atoms with Gasteiger partial charge in [-0.15, -0.1) is 11.3 Å². The lowest BCUT2D eigenvalue weighted by Gasteiger charge is -2.18. The summed E-state index contributed by atoms with van der Waals surface area (Å²) in [7, 11) is 0. The van der Waals surface area contributed by atoms with Gasteiger partial charge in [0, 0.05) is 24.3 Å². The van der Waals surface area contributed by atoms with E-state index in [0.29, 0.717) is 19.0 Å². The van der Waals surface area contributed by atoms with Crippen molar-refractivity contribution in [2.75, 3.05) is 19.8 Å². The van der Waals surface area contributed by atoms with Crippen LogP contribution in [0.15, 0.2) is 9.90 Å². The van der Waals surface area contributed by atoms with Crippen molar-refractivity contribution in [3.63, 3.8) is 0 Å². The van der Waals surface area contributed by atoms with Crippen LogP contribution in [0.2, 0.25) is 0 Å². The number of thiazole rings is 1. The van der Waals surface area contributed by atoms with Crippen LogP contribution in [0.1, 0.15) is 29.6 Å². The number of nitrogens with zero attached hydrogens (tertiary/aromatic N) is 3. The van der Waals surface area contributed by atoms with Gasteiger partial charge in [0.05, 0.1) is 11.6 Å². The predicted molar refractivity (Wildman–Crippen MR) is 71.0 cm³/mol. The van der Waals surface area contributed by atoms with Crippen LogP contribution in [0.25, 0.3) is 11.6 Å². The third-order valence-corrected chi connectivity index (χ3v) is 4.00. The minimum atomic E-state index is 0.244. The van der Waals surface area contributed by atoms with Crippen LogP contribution >= 0.6 is 11.3 Å². The smallest absolute Gasteiger partial charge is 0.277 e. The number of aromatic nitrogens is 3. The Morgan fingerprint density at radius 2 is 2.37 bits per heavy atom. The van der Waals surface area contributed by atoms with Crippen molar-refractivity contribution in [2.24, 2.45) is 5.73 Å². The van der Waals surface area contributed by atoms with Gasteiger partial charge in [-0.3, -0.25) is 0 Å². The molecule has 0 amide bonds. The van der Waals surface area contributed by atoms with Crippen LogP contribution in [0, 0.1) is 0 Å². The first-order valence-electron chi connectivity index (χ1n) is 6.43. The van der Waals surface area contributed by atoms with E-state index < -0.39 is 0 Å². The number of rotatable bonds is 4. The fraction of sp³-hybridized carbons (Fsp3) is 0.583. The standard InChI is InChI=1S/C12H16N4O2S/c13-4-3-10-14-9(7-19-10)12-15-11(16-18-12)8-2-1-5-17-6-8/h7-8H,1-6,13H2. The second-order valence-electron chi connectivity index (χ2n) is 4.54. The molecule has 2 N–H and O–H groups in total. The summed E-state index contributed by atoms with van der Waals surface area (Å²) in [6.07, 6.45) is 2.88. The van der Waals surface area contributed by atoms with Gasteiger partial charge in [-0.05, 0) is 19.4 Å². The van der Waals surface area contributed by atoms with Crippen molar-refractivity contribution < 1.29 is 9.26 Å². The topological polar surface area (TPSA) is 87.1 Å². The van der Waals surface area contributed by atoms with Gasteiger partial charge in [0.1, 0.15) is 5.69 Å². The van der Waals surface area contributed by atoms with Crippen molar-refractivity contribution in [1.82, 2.24) is 15.1 Å². The molecule has 1 aliphatic rings. The largest absolute Gasteiger partial charge is 0.381 e. The monoisotopic (exact) mass is 280 g/mol. The average molecular weight is 280 g/mol. The van der Waals surface area contributed by atoms with Crippen LogP contribution in [-0.2, 0) is 11.2 Å². The molecule has 19 heavy (non-hydrogen) atoms. The summed E-state index contributed by atoms with van der Waals surface area (Å²) < 4.78 is 10.7. The van der Waals surface area contributed by atoms with Crippen LogP contribution in [-0.4, -0.2) is 34.9 Å². The summed E-state index contributed by atoms with van der Waals surface area (Å²) in [6.45, 7) is 2.10. The van der Waals surface area contributed by atoms with Crippen LogP contribution in [0.3, 0.4) is 0 Å². The Bertz CT molecular complexity index is 533. The fourth-order valence-electron chi connectivity index (χ4n) is 2.10. The molecule has 0 aliphatic carbocycles. The lowest BCUT2D eigenvalue weighted by Crippen LogP contribution is -2.16. The van der Waals surface area contributed by atoms with Gasteiger partial charge in [0.25, 0.3) is 5.89 Å². The Balaban J connectivity index is 1.75. The van der Waals surface area contributed by atoms with E-state index in [-0.39, 0.29) is 5.92 Å². The maximum absolute atomic E-state index is 5.51. The molecular weight excluding hydrogens is 264 g/mol. The van der Waals surface area contributed by atoms with E-state index in [2.05, 4.69) is 15.1 Å². The number of nitrogens with two attached hydrogens (primary N) is 1. The zero-order valence-corrected chi connectivity index (χ0v) is 11.4. The predicted octanol–water partition coefficient (Wildman–Crippen LogP) is 1.59. The van der Waals surface area contributed by atoms with E-state index in [0.717, 1.165) is 42.4 Å². The lowest BCUT2D eigenvalue weighted by molar-refractivity contribution is 0.0773. The Morgan fingerprint density at radius 1 is 1.42 bits per heavy atom. The highest BCUT2D eigenvalue weighted by Gasteiger charge is 2.22. The van der Waals surface area contributed by atoms with E-state index in [1.54, 1.807) is 11.3 Å². The molecule has 2 aromatic heterocycles. The molecule has 0 bridgehead atoms. The minimum Gasteiger partial charge on any atom is -0.381 e. The maximum Gasteiger partial charge on any atom is 0.277 e. The molecule has 0 saturated carbocycles. The van der Waals surface area contributed by atoms with E-state index in [9.17, 15) is 0 Å². The Morgan fingerprint density at radius 3 is 3.16 bits per heavy atom. The quantitative estimate of drug-likeness (QED) is 0.915. The normalized spacial score (nSPS) is 19.7. The molecule has 1 aliphatic heterocycles. The molecule has 1 saturated heterocycles. The molecule has 1 fully saturated rings. The molecule has 1 unspecified atom stereocenters. The molecule has 0 radical (unpaired) electrons. The van der Waals surface area contributed by atoms with Gasteiger partial charge in [0.2, 0.25) is 0 Å². The van der Waals surface area contributed by atoms with Crippen molar-refractivity contribution in [1.29, 1.82) is 0 Å². The van der Waals surface area contributed by atoms with E-state index in [1.807, 2.05) is 5.38 Å². The van der Waals surface area contributed by atoms with Crippen molar-refractivity contribution >= 4 is 11.3 Å². The molecule has 2 aromatic rings. The summed E-state index contributed by atoms with van der Waals surface area (Å²) in [5, 5.41) is 6.97. The van der Waals surface area contributed by atoms with Crippen molar-refractivity contribution in [3.05, 3.63) is 16.2 Å². The van der Waals surface area contributed by atoms with Gasteiger partial charge in [-0.1, -0.05) is 5.16 Å². The molecular formula is C12H16N4O2S. The Hall–Kier alpha value is -1.31. The SMILES string of the molecule is NCCc1nc(-c2nc(C3CCCOC3)no2)cs1. The highest BCUT2D eigenvalue weighted by atomic mass is 32.1. The molecule has 0 aromatic carbocycles. The molecule has 6 nitrogen and oxygen atoms in total. The molecule has 0 spiro atoms. The summed E-state index contributed by atoms with van der Waals surface area (Å²) in [5.74, 6) is 1.46. The van der Waals surface area contributed by atoms with Gasteiger partial charge >= 0.3 is 0 Å². The first kappa shape index (κ1) is 12.7. The molecule has 3 heterocycles. The molecule has 102 valence electrons. The average Bonchev–Trinajstić information content (AvgIpc) is 3.08. The highest BCUT2D eigenvalue weighted by molar-refractivity contribution is 7.09. The van der Waals surface area contributed by atoms with Gasteiger partial charge in [-0.25, -0.2) is 4.98 Å². The summed E-state index contributed by atoms with van der Waals surface area (Å²) >= 11 is 1.57. The van der Waals surface area contributed by atoms with Gasteiger partial charge in [0.15, 0.2) is 5.82 Å². The Kier molecular flexibility index (Phi) is 3.86. The van der Waals surface area contributed by atoms with Crippen molar-refractivity contribution in [3.8, 4) is 11.6 Å². The zero-order chi connectivity index (χ0) is 13.1. The Labute approximate surface area is 115 Å². The van der Waals surface area contributed by atoms with E-state index >= 15 is 0 Å². The van der Waals surface area contributed by atoms with Crippen molar-refractivity contribution in [2.45, 2.75) is 25.2 Å². The van der Waals surface area contributed by atoms with E-state index in [4.69, 9.17) is 15.0 Å². The minimum absolute atomic E-state index is 0.244. The molecule has 3 rings (SSSR count). The first-order valence-corrected chi connectivity index (χ1v) is 7.31. The lowest BCUT2D eigenvalue weighted by atomic mass is 10.0. The third-order valence-electron chi connectivity index (χ3n) is 3.10.